The Balaban J connectivity index is 1.89. The van der Waals surface area contributed by atoms with Crippen LogP contribution < -0.4 is 5.73 Å². The zero-order valence-electron chi connectivity index (χ0n) is 11.6. The third-order valence-corrected chi connectivity index (χ3v) is 3.41. The zero-order chi connectivity index (χ0) is 14.8. The van der Waals surface area contributed by atoms with E-state index in [0.717, 1.165) is 22.3 Å². The number of halogens is 1. The van der Waals surface area contributed by atoms with Crippen LogP contribution in [0, 0.1) is 0 Å². The largest absolute Gasteiger partial charge is 0.399 e. The number of nitrogens with two attached hydrogens (primary N) is 1. The maximum absolute atomic E-state index is 13.1. The van der Waals surface area contributed by atoms with Gasteiger partial charge in [0.05, 0.1) is 11.7 Å². The first-order valence-corrected chi connectivity index (χ1v) is 6.62. The minimum atomic E-state index is -0.365. The SMILES string of the molecule is C/C(=N\C=C1\C=CC(F)=C(N)C1)n1ccc2ccncc21. The summed E-state index contributed by atoms with van der Waals surface area (Å²) in [7, 11) is 0. The second-order valence-electron chi connectivity index (χ2n) is 4.88. The van der Waals surface area contributed by atoms with E-state index in [4.69, 9.17) is 5.73 Å². The maximum atomic E-state index is 13.1. The van der Waals surface area contributed by atoms with Crippen LogP contribution in [-0.2, 0) is 0 Å². The van der Waals surface area contributed by atoms with Crippen molar-refractivity contribution in [2.75, 3.05) is 0 Å². The van der Waals surface area contributed by atoms with E-state index in [1.165, 1.54) is 6.08 Å². The van der Waals surface area contributed by atoms with Gasteiger partial charge in [0.15, 0.2) is 0 Å². The molecule has 106 valence electrons. The lowest BCUT2D eigenvalue weighted by molar-refractivity contribution is 0.643. The number of hydrogen-bond acceptors (Lipinski definition) is 3. The topological polar surface area (TPSA) is 56.2 Å². The number of pyridine rings is 1. The van der Waals surface area contributed by atoms with E-state index in [9.17, 15) is 4.39 Å². The van der Waals surface area contributed by atoms with E-state index in [1.807, 2.05) is 29.8 Å². The quantitative estimate of drug-likeness (QED) is 0.644. The van der Waals surface area contributed by atoms with Gasteiger partial charge in [0.2, 0.25) is 0 Å². The summed E-state index contributed by atoms with van der Waals surface area (Å²) in [6, 6.07) is 3.97. The van der Waals surface area contributed by atoms with E-state index in [0.29, 0.717) is 6.42 Å². The Kier molecular flexibility index (Phi) is 3.39. The fourth-order valence-electron chi connectivity index (χ4n) is 2.23. The average molecular weight is 282 g/mol. The molecule has 0 spiro atoms. The van der Waals surface area contributed by atoms with E-state index >= 15 is 0 Å². The summed E-state index contributed by atoms with van der Waals surface area (Å²) in [6.07, 6.45) is 10.7. The Bertz CT molecular complexity index is 809. The molecule has 0 fully saturated rings. The molecule has 3 rings (SSSR count). The van der Waals surface area contributed by atoms with Gasteiger partial charge in [0, 0.05) is 36.1 Å². The molecule has 21 heavy (non-hydrogen) atoms. The highest BCUT2D eigenvalue weighted by atomic mass is 19.1. The molecule has 0 aliphatic heterocycles. The number of hydrogen-bond donors (Lipinski definition) is 1. The first-order chi connectivity index (χ1) is 10.1. The highest BCUT2D eigenvalue weighted by Crippen LogP contribution is 2.20. The summed E-state index contributed by atoms with van der Waals surface area (Å²) in [4.78, 5) is 8.57. The maximum Gasteiger partial charge on any atom is 0.142 e. The summed E-state index contributed by atoms with van der Waals surface area (Å²) in [5.41, 5.74) is 7.72. The monoisotopic (exact) mass is 282 g/mol. The minimum absolute atomic E-state index is 0.243. The average Bonchev–Trinajstić information content (AvgIpc) is 2.92. The van der Waals surface area contributed by atoms with Crippen LogP contribution in [0.15, 0.2) is 71.2 Å². The molecule has 1 aliphatic rings. The highest BCUT2D eigenvalue weighted by Gasteiger charge is 2.07. The van der Waals surface area contributed by atoms with Gasteiger partial charge in [0.25, 0.3) is 0 Å². The van der Waals surface area contributed by atoms with E-state index in [2.05, 4.69) is 9.98 Å². The van der Waals surface area contributed by atoms with Gasteiger partial charge in [-0.3, -0.25) is 4.98 Å². The predicted molar refractivity (Wildman–Crippen MR) is 82.4 cm³/mol. The molecule has 2 aromatic heterocycles. The Morgan fingerprint density at radius 3 is 3.10 bits per heavy atom. The Morgan fingerprint density at radius 2 is 2.29 bits per heavy atom. The number of fused-ring (bicyclic) bond motifs is 1. The van der Waals surface area contributed by atoms with Crippen molar-refractivity contribution in [3.63, 3.8) is 0 Å². The molecule has 0 saturated carbocycles. The van der Waals surface area contributed by atoms with Crippen molar-refractivity contribution in [2.45, 2.75) is 13.3 Å². The molecular weight excluding hydrogens is 267 g/mol. The van der Waals surface area contributed by atoms with E-state index < -0.39 is 0 Å². The zero-order valence-corrected chi connectivity index (χ0v) is 11.6. The molecule has 2 aromatic rings. The number of rotatable bonds is 1. The smallest absolute Gasteiger partial charge is 0.142 e. The summed E-state index contributed by atoms with van der Waals surface area (Å²) in [5, 5.41) is 1.11. The van der Waals surface area contributed by atoms with Gasteiger partial charge in [-0.1, -0.05) is 6.08 Å². The summed E-state index contributed by atoms with van der Waals surface area (Å²) in [5.74, 6) is 0.447. The normalized spacial score (nSPS) is 18.0. The lowest BCUT2D eigenvalue weighted by Crippen LogP contribution is -2.06. The first kappa shape index (κ1) is 13.3. The third kappa shape index (κ3) is 2.63. The van der Waals surface area contributed by atoms with Crippen LogP contribution >= 0.6 is 0 Å². The van der Waals surface area contributed by atoms with Crippen LogP contribution in [0.1, 0.15) is 13.3 Å². The standard InChI is InChI=1S/C16H15FN4/c1-11(20-9-12-2-3-14(17)15(18)8-12)21-7-5-13-4-6-19-10-16(13)21/h2-7,9-10H,8,18H2,1H3/b12-9-,20-11+. The fraction of sp³-hybridized carbons (Fsp3) is 0.125. The molecule has 5 heteroatoms. The van der Waals surface area contributed by atoms with Crippen LogP contribution in [0.2, 0.25) is 0 Å². The first-order valence-electron chi connectivity index (χ1n) is 6.62. The molecule has 0 aromatic carbocycles. The van der Waals surface area contributed by atoms with Gasteiger partial charge in [-0.05, 0) is 30.7 Å². The van der Waals surface area contributed by atoms with Gasteiger partial charge < -0.3 is 10.3 Å². The van der Waals surface area contributed by atoms with Crippen LogP contribution in [0.4, 0.5) is 4.39 Å². The van der Waals surface area contributed by atoms with Crippen molar-refractivity contribution in [3.8, 4) is 0 Å². The van der Waals surface area contributed by atoms with E-state index in [-0.39, 0.29) is 11.5 Å². The van der Waals surface area contributed by atoms with Gasteiger partial charge in [-0.2, -0.15) is 0 Å². The second-order valence-corrected chi connectivity index (χ2v) is 4.88. The lowest BCUT2D eigenvalue weighted by Gasteiger charge is -2.08. The molecule has 0 unspecified atom stereocenters. The van der Waals surface area contributed by atoms with Crippen LogP contribution in [0.3, 0.4) is 0 Å². The lowest BCUT2D eigenvalue weighted by atomic mass is 10.1. The number of aromatic nitrogens is 2. The van der Waals surface area contributed by atoms with Crippen molar-refractivity contribution < 1.29 is 4.39 Å². The summed E-state index contributed by atoms with van der Waals surface area (Å²) >= 11 is 0. The molecule has 1 aliphatic carbocycles. The van der Waals surface area contributed by atoms with Crippen molar-refractivity contribution in [3.05, 3.63) is 66.2 Å². The Hall–Kier alpha value is -2.69. The fourth-order valence-corrected chi connectivity index (χ4v) is 2.23. The van der Waals surface area contributed by atoms with Crippen molar-refractivity contribution >= 4 is 16.7 Å². The van der Waals surface area contributed by atoms with E-state index in [1.54, 1.807) is 24.7 Å². The molecule has 0 atom stereocenters. The molecular formula is C16H15FN4. The molecule has 2 N–H and O–H groups in total. The molecule has 4 nitrogen and oxygen atoms in total. The highest BCUT2D eigenvalue weighted by molar-refractivity contribution is 5.93. The van der Waals surface area contributed by atoms with Gasteiger partial charge in [0.1, 0.15) is 11.7 Å². The molecule has 0 bridgehead atoms. The van der Waals surface area contributed by atoms with Crippen molar-refractivity contribution in [2.24, 2.45) is 10.7 Å². The number of aliphatic imine (C=N–C) groups is 1. The number of allylic oxidation sites excluding steroid dienone is 4. The summed E-state index contributed by atoms with van der Waals surface area (Å²) < 4.78 is 15.1. The molecule has 0 saturated heterocycles. The summed E-state index contributed by atoms with van der Waals surface area (Å²) in [6.45, 7) is 1.91. The predicted octanol–water partition coefficient (Wildman–Crippen LogP) is 3.29. The van der Waals surface area contributed by atoms with Crippen LogP contribution in [-0.4, -0.2) is 15.4 Å². The molecule has 0 amide bonds. The van der Waals surface area contributed by atoms with Gasteiger partial charge in [-0.15, -0.1) is 0 Å². The van der Waals surface area contributed by atoms with Gasteiger partial charge >= 0.3 is 0 Å². The Morgan fingerprint density at radius 1 is 1.43 bits per heavy atom. The molecule has 2 heterocycles. The number of nitrogens with zero attached hydrogens (tertiary/aromatic N) is 3. The van der Waals surface area contributed by atoms with Crippen molar-refractivity contribution in [1.82, 2.24) is 9.55 Å². The third-order valence-electron chi connectivity index (χ3n) is 3.41. The van der Waals surface area contributed by atoms with Crippen LogP contribution in [0.25, 0.3) is 10.9 Å². The second kappa shape index (κ2) is 5.36. The molecule has 0 radical (unpaired) electrons. The van der Waals surface area contributed by atoms with Crippen molar-refractivity contribution in [1.29, 1.82) is 0 Å². The Labute approximate surface area is 121 Å². The van der Waals surface area contributed by atoms with Crippen LogP contribution in [0.5, 0.6) is 0 Å². The minimum Gasteiger partial charge on any atom is -0.399 e. The van der Waals surface area contributed by atoms with Gasteiger partial charge in [-0.25, -0.2) is 9.38 Å².